The Balaban J connectivity index is 1.36. The highest BCUT2D eigenvalue weighted by molar-refractivity contribution is 7.92. The molecule has 1 aliphatic carbocycles. The molecule has 0 bridgehead atoms. The van der Waals surface area contributed by atoms with Gasteiger partial charge in [0.15, 0.2) is 5.82 Å². The maximum atomic E-state index is 13.4. The normalized spacial score (nSPS) is 22.9. The molecule has 0 radical (unpaired) electrons. The fourth-order valence-corrected chi connectivity index (χ4v) is 5.65. The second-order valence-corrected chi connectivity index (χ2v) is 11.3. The summed E-state index contributed by atoms with van der Waals surface area (Å²) < 4.78 is 66.2. The van der Waals surface area contributed by atoms with E-state index in [1.165, 1.54) is 24.4 Å². The molecule has 0 spiro atoms. The number of fused-ring (bicyclic) bond motifs is 1. The number of hydrogen-bond donors (Lipinski definition) is 1. The van der Waals surface area contributed by atoms with Crippen LogP contribution in [-0.2, 0) is 22.7 Å². The molecule has 1 amide bonds. The van der Waals surface area contributed by atoms with Crippen molar-refractivity contribution in [3.8, 4) is 0 Å². The quantitative estimate of drug-likeness (QED) is 0.650. The molecule has 2 heterocycles. The van der Waals surface area contributed by atoms with Crippen molar-refractivity contribution in [3.05, 3.63) is 46.6 Å². The van der Waals surface area contributed by atoms with E-state index in [-0.39, 0.29) is 46.9 Å². The molecule has 1 saturated heterocycles. The first-order valence-corrected chi connectivity index (χ1v) is 13.0. The van der Waals surface area contributed by atoms with Crippen LogP contribution in [-0.4, -0.2) is 66.5 Å². The van der Waals surface area contributed by atoms with Gasteiger partial charge in [0.2, 0.25) is 10.0 Å². The summed E-state index contributed by atoms with van der Waals surface area (Å²) >= 11 is 5.95. The second kappa shape index (κ2) is 9.04. The van der Waals surface area contributed by atoms with Crippen LogP contribution in [0, 0.1) is 11.8 Å². The molecule has 186 valence electrons. The minimum Gasteiger partial charge on any atom is -0.322 e. The molecule has 3 atom stereocenters. The lowest BCUT2D eigenvalue weighted by molar-refractivity contribution is -0.138. The number of amides is 1. The SMILES string of the molecule is CN(Cc1cc(Cl)ccc1C(F)(F)F)C1C[C@@H]2CN(C(=O)n3ccc(NS(C)(=O)=O)n3)C[C@@H]2C1. The van der Waals surface area contributed by atoms with Crippen LogP contribution in [0.15, 0.2) is 30.5 Å². The molecule has 4 rings (SSSR count). The number of benzene rings is 1. The number of nitrogens with zero attached hydrogens (tertiary/aromatic N) is 4. The zero-order chi connectivity index (χ0) is 24.8. The standard InChI is InChI=1S/C21H25ClF3N5O3S/c1-28(10-15-7-16(22)3-4-18(15)21(23,24)25)17-8-13-11-29(12-14(13)9-17)20(31)30-6-5-19(26-30)27-34(2,32)33/h3-7,13-14,17H,8-12H2,1-2H3,(H,26,27)/t13-,14+,17?. The number of aromatic nitrogens is 2. The van der Waals surface area contributed by atoms with Crippen molar-refractivity contribution in [1.29, 1.82) is 0 Å². The number of halogens is 4. The monoisotopic (exact) mass is 519 g/mol. The molecule has 1 N–H and O–H groups in total. The number of hydrogen-bond acceptors (Lipinski definition) is 5. The van der Waals surface area contributed by atoms with Crippen molar-refractivity contribution < 1.29 is 26.4 Å². The summed E-state index contributed by atoms with van der Waals surface area (Å²) in [6.45, 7) is 1.17. The van der Waals surface area contributed by atoms with Gasteiger partial charge in [-0.3, -0.25) is 9.62 Å². The first-order valence-electron chi connectivity index (χ1n) is 10.7. The molecule has 13 heteroatoms. The summed E-state index contributed by atoms with van der Waals surface area (Å²) in [4.78, 5) is 16.4. The van der Waals surface area contributed by atoms with E-state index in [0.717, 1.165) is 29.8 Å². The number of anilines is 1. The Morgan fingerprint density at radius 2 is 1.88 bits per heavy atom. The summed E-state index contributed by atoms with van der Waals surface area (Å²) in [5.41, 5.74) is -0.531. The second-order valence-electron chi connectivity index (χ2n) is 9.07. The van der Waals surface area contributed by atoms with Crippen LogP contribution in [0.5, 0.6) is 0 Å². The lowest BCUT2D eigenvalue weighted by atomic mass is 10.0. The number of sulfonamides is 1. The van der Waals surface area contributed by atoms with Gasteiger partial charge in [-0.25, -0.2) is 13.2 Å². The maximum absolute atomic E-state index is 13.4. The topological polar surface area (TPSA) is 87.5 Å². The Kier molecular flexibility index (Phi) is 6.60. The van der Waals surface area contributed by atoms with Gasteiger partial charge in [0.1, 0.15) is 0 Å². The molecule has 2 aromatic rings. The third-order valence-electron chi connectivity index (χ3n) is 6.49. The minimum absolute atomic E-state index is 0.0659. The summed E-state index contributed by atoms with van der Waals surface area (Å²) in [5, 5.41) is 4.25. The Bertz CT molecular complexity index is 1170. The van der Waals surface area contributed by atoms with Gasteiger partial charge in [0.25, 0.3) is 0 Å². The van der Waals surface area contributed by atoms with Crippen molar-refractivity contribution in [2.24, 2.45) is 11.8 Å². The molecule has 1 saturated carbocycles. The molecule has 1 unspecified atom stereocenters. The first-order chi connectivity index (χ1) is 15.8. The average molecular weight is 520 g/mol. The van der Waals surface area contributed by atoms with E-state index in [9.17, 15) is 26.4 Å². The molecular weight excluding hydrogens is 495 g/mol. The van der Waals surface area contributed by atoms with Crippen LogP contribution in [0.4, 0.5) is 23.8 Å². The van der Waals surface area contributed by atoms with E-state index in [0.29, 0.717) is 13.1 Å². The Morgan fingerprint density at radius 3 is 2.47 bits per heavy atom. The van der Waals surface area contributed by atoms with Crippen molar-refractivity contribution in [3.63, 3.8) is 0 Å². The predicted molar refractivity (Wildman–Crippen MR) is 121 cm³/mol. The Hall–Kier alpha value is -2.31. The van der Waals surface area contributed by atoms with Gasteiger partial charge in [-0.05, 0) is 55.5 Å². The van der Waals surface area contributed by atoms with Crippen LogP contribution in [0.25, 0.3) is 0 Å². The van der Waals surface area contributed by atoms with Gasteiger partial charge in [-0.2, -0.15) is 17.9 Å². The van der Waals surface area contributed by atoms with Gasteiger partial charge >= 0.3 is 12.2 Å². The fourth-order valence-electron chi connectivity index (χ4n) is 4.97. The summed E-state index contributed by atoms with van der Waals surface area (Å²) in [6.07, 6.45) is -0.500. The van der Waals surface area contributed by atoms with Gasteiger partial charge in [0, 0.05) is 43.0 Å². The number of carbonyl (C=O) groups is 1. The highest BCUT2D eigenvalue weighted by atomic mass is 35.5. The van der Waals surface area contributed by atoms with E-state index >= 15 is 0 Å². The van der Waals surface area contributed by atoms with Gasteiger partial charge in [-0.1, -0.05) is 11.6 Å². The van der Waals surface area contributed by atoms with E-state index < -0.39 is 21.8 Å². The van der Waals surface area contributed by atoms with Crippen molar-refractivity contribution in [2.45, 2.75) is 31.6 Å². The molecule has 1 aliphatic heterocycles. The molecule has 34 heavy (non-hydrogen) atoms. The van der Waals surface area contributed by atoms with Gasteiger partial charge < -0.3 is 4.90 Å². The van der Waals surface area contributed by atoms with Crippen LogP contribution in [0.2, 0.25) is 5.02 Å². The highest BCUT2D eigenvalue weighted by Crippen LogP contribution is 2.41. The van der Waals surface area contributed by atoms with E-state index in [1.807, 2.05) is 11.9 Å². The maximum Gasteiger partial charge on any atom is 0.416 e. The first kappa shape index (κ1) is 24.8. The summed E-state index contributed by atoms with van der Waals surface area (Å²) in [6, 6.07) is 4.81. The smallest absolute Gasteiger partial charge is 0.322 e. The predicted octanol–water partition coefficient (Wildman–Crippen LogP) is 3.74. The zero-order valence-corrected chi connectivity index (χ0v) is 20.2. The van der Waals surface area contributed by atoms with Crippen LogP contribution >= 0.6 is 11.6 Å². The minimum atomic E-state index is -4.45. The van der Waals surface area contributed by atoms with E-state index in [4.69, 9.17) is 11.6 Å². The Morgan fingerprint density at radius 1 is 1.24 bits per heavy atom. The van der Waals surface area contributed by atoms with Crippen molar-refractivity contribution >= 4 is 33.5 Å². The summed E-state index contributed by atoms with van der Waals surface area (Å²) in [7, 11) is -1.68. The van der Waals surface area contributed by atoms with E-state index in [2.05, 4.69) is 9.82 Å². The number of nitrogens with one attached hydrogen (secondary N) is 1. The van der Waals surface area contributed by atoms with Crippen LogP contribution in [0.3, 0.4) is 0 Å². The van der Waals surface area contributed by atoms with Gasteiger partial charge in [-0.15, -0.1) is 5.10 Å². The largest absolute Gasteiger partial charge is 0.416 e. The molecule has 1 aromatic carbocycles. The van der Waals surface area contributed by atoms with E-state index in [1.54, 1.807) is 4.90 Å². The van der Waals surface area contributed by atoms with Crippen LogP contribution in [0.1, 0.15) is 24.0 Å². The molecule has 2 aliphatic rings. The number of alkyl halides is 3. The number of likely N-dealkylation sites (tertiary alicyclic amines) is 1. The third-order valence-corrected chi connectivity index (χ3v) is 7.30. The molecule has 1 aromatic heterocycles. The highest BCUT2D eigenvalue weighted by Gasteiger charge is 2.44. The Labute approximate surface area is 200 Å². The zero-order valence-electron chi connectivity index (χ0n) is 18.6. The average Bonchev–Trinajstić information content (AvgIpc) is 3.39. The number of rotatable bonds is 5. The lowest BCUT2D eigenvalue weighted by Gasteiger charge is -2.27. The molecular formula is C21H25ClF3N5O3S. The van der Waals surface area contributed by atoms with Crippen molar-refractivity contribution in [2.75, 3.05) is 31.1 Å². The third kappa shape index (κ3) is 5.49. The van der Waals surface area contributed by atoms with Crippen LogP contribution < -0.4 is 4.72 Å². The summed E-state index contributed by atoms with van der Waals surface area (Å²) in [5.74, 6) is 0.542. The molecule has 8 nitrogen and oxygen atoms in total. The lowest BCUT2D eigenvalue weighted by Crippen LogP contribution is -2.36. The van der Waals surface area contributed by atoms with Crippen molar-refractivity contribution in [1.82, 2.24) is 19.6 Å². The molecule has 2 fully saturated rings. The number of carbonyl (C=O) groups excluding carboxylic acids is 1. The van der Waals surface area contributed by atoms with Gasteiger partial charge in [0.05, 0.1) is 11.8 Å². The fraction of sp³-hybridized carbons (Fsp3) is 0.524.